The second kappa shape index (κ2) is 9.39. The predicted molar refractivity (Wildman–Crippen MR) is 118 cm³/mol. The highest BCUT2D eigenvalue weighted by Crippen LogP contribution is 2.21. The molecule has 0 bridgehead atoms. The summed E-state index contributed by atoms with van der Waals surface area (Å²) in [5.74, 6) is 0.891. The van der Waals surface area contributed by atoms with Gasteiger partial charge in [0.2, 0.25) is 5.95 Å². The minimum Gasteiger partial charge on any atom is -0.342 e. The molecule has 1 fully saturated rings. The summed E-state index contributed by atoms with van der Waals surface area (Å²) in [5.41, 5.74) is 5.64. The van der Waals surface area contributed by atoms with Gasteiger partial charge in [-0.15, -0.1) is 0 Å². The summed E-state index contributed by atoms with van der Waals surface area (Å²) in [6.07, 6.45) is 2.21. The van der Waals surface area contributed by atoms with Crippen LogP contribution in [0, 0.1) is 13.8 Å². The number of hydrogen-bond donors (Lipinski definition) is 2. The number of H-pyrrole nitrogens is 1. The minimum atomic E-state index is 0.477. The van der Waals surface area contributed by atoms with Gasteiger partial charge in [0.15, 0.2) is 5.65 Å². The number of aryl methyl sites for hydroxylation is 2. The molecule has 28 heavy (non-hydrogen) atoms. The van der Waals surface area contributed by atoms with E-state index < -0.39 is 0 Å². The van der Waals surface area contributed by atoms with Crippen molar-refractivity contribution in [3.63, 3.8) is 0 Å². The van der Waals surface area contributed by atoms with Crippen molar-refractivity contribution in [2.24, 2.45) is 0 Å². The number of nitrogens with one attached hydrogen (secondary N) is 2. The van der Waals surface area contributed by atoms with Crippen molar-refractivity contribution in [1.29, 1.82) is 0 Å². The highest BCUT2D eigenvalue weighted by atomic mass is 35.5. The number of aromatic nitrogens is 3. The van der Waals surface area contributed by atoms with Crippen LogP contribution in [0.15, 0.2) is 30.3 Å². The largest absolute Gasteiger partial charge is 0.342 e. The number of pyridine rings is 1. The second-order valence-electron chi connectivity index (χ2n) is 7.20. The van der Waals surface area contributed by atoms with Gasteiger partial charge in [0.05, 0.1) is 5.52 Å². The van der Waals surface area contributed by atoms with Gasteiger partial charge in [0.1, 0.15) is 5.15 Å². The maximum Gasteiger partial charge on any atom is 0.205 e. The number of piperidine rings is 1. The maximum absolute atomic E-state index is 5.95. The van der Waals surface area contributed by atoms with E-state index in [9.17, 15) is 0 Å². The Balaban J connectivity index is 0.00000109. The first-order valence-corrected chi connectivity index (χ1v) is 10.5. The van der Waals surface area contributed by atoms with Crippen LogP contribution in [-0.4, -0.2) is 34.1 Å². The Hall–Kier alpha value is -2.11. The molecule has 0 amide bonds. The highest BCUT2D eigenvalue weighted by molar-refractivity contribution is 6.29. The SMILES string of the molecule is CC.Cc1cc(C)cc(CNC2CCN(c3nc4nc(Cl)ccc4[nH]3)CC2)c1. The zero-order valence-corrected chi connectivity index (χ0v) is 18.0. The second-order valence-corrected chi connectivity index (χ2v) is 7.59. The first kappa shape index (κ1) is 20.6. The van der Waals surface area contributed by atoms with E-state index in [1.54, 1.807) is 6.07 Å². The predicted octanol–water partition coefficient (Wildman–Crippen LogP) is 5.01. The molecule has 0 unspecified atom stereocenters. The van der Waals surface area contributed by atoms with Crippen LogP contribution in [0.1, 0.15) is 43.4 Å². The molecule has 6 heteroatoms. The molecule has 4 rings (SSSR count). The topological polar surface area (TPSA) is 56.8 Å². The average molecular weight is 400 g/mol. The number of hydrogen-bond acceptors (Lipinski definition) is 4. The first-order chi connectivity index (χ1) is 13.6. The number of benzene rings is 1. The zero-order chi connectivity index (χ0) is 20.1. The van der Waals surface area contributed by atoms with Crippen molar-refractivity contribution >= 4 is 28.7 Å². The van der Waals surface area contributed by atoms with Crippen molar-refractivity contribution in [3.8, 4) is 0 Å². The summed E-state index contributed by atoms with van der Waals surface area (Å²) >= 11 is 5.95. The third kappa shape index (κ3) is 5.03. The number of anilines is 1. The van der Waals surface area contributed by atoms with Crippen LogP contribution in [0.25, 0.3) is 11.2 Å². The molecule has 5 nitrogen and oxygen atoms in total. The molecule has 1 aliphatic rings. The quantitative estimate of drug-likeness (QED) is 0.605. The molecule has 1 aliphatic heterocycles. The normalized spacial score (nSPS) is 14.8. The smallest absolute Gasteiger partial charge is 0.205 e. The van der Waals surface area contributed by atoms with Gasteiger partial charge in [-0.1, -0.05) is 54.8 Å². The summed E-state index contributed by atoms with van der Waals surface area (Å²) in [4.78, 5) is 14.5. The summed E-state index contributed by atoms with van der Waals surface area (Å²) in [6, 6.07) is 11.0. The van der Waals surface area contributed by atoms with Crippen LogP contribution in [0.5, 0.6) is 0 Å². The Labute approximate surface area is 172 Å². The lowest BCUT2D eigenvalue weighted by Crippen LogP contribution is -2.42. The summed E-state index contributed by atoms with van der Waals surface area (Å²) < 4.78 is 0. The number of halogens is 1. The fraction of sp³-hybridized carbons (Fsp3) is 0.455. The van der Waals surface area contributed by atoms with E-state index in [1.807, 2.05) is 19.9 Å². The van der Waals surface area contributed by atoms with Crippen molar-refractivity contribution < 1.29 is 0 Å². The Morgan fingerprint density at radius 1 is 1.07 bits per heavy atom. The van der Waals surface area contributed by atoms with Crippen LogP contribution in [0.2, 0.25) is 5.15 Å². The van der Waals surface area contributed by atoms with Crippen molar-refractivity contribution in [3.05, 3.63) is 52.2 Å². The molecule has 0 saturated carbocycles. The molecule has 0 spiro atoms. The molecule has 3 aromatic rings. The lowest BCUT2D eigenvalue weighted by atomic mass is 10.0. The molecule has 150 valence electrons. The molecule has 1 aromatic carbocycles. The van der Waals surface area contributed by atoms with Gasteiger partial charge in [0, 0.05) is 25.7 Å². The van der Waals surface area contributed by atoms with Gasteiger partial charge >= 0.3 is 0 Å². The van der Waals surface area contributed by atoms with Crippen LogP contribution in [-0.2, 0) is 6.54 Å². The van der Waals surface area contributed by atoms with E-state index in [4.69, 9.17) is 11.6 Å². The van der Waals surface area contributed by atoms with E-state index in [-0.39, 0.29) is 0 Å². The third-order valence-electron chi connectivity index (χ3n) is 4.97. The molecule has 0 radical (unpaired) electrons. The monoisotopic (exact) mass is 399 g/mol. The van der Waals surface area contributed by atoms with Gasteiger partial charge < -0.3 is 15.2 Å². The van der Waals surface area contributed by atoms with Gasteiger partial charge in [-0.05, 0) is 44.4 Å². The van der Waals surface area contributed by atoms with Crippen LogP contribution >= 0.6 is 11.6 Å². The van der Waals surface area contributed by atoms with E-state index in [0.29, 0.717) is 16.8 Å². The van der Waals surface area contributed by atoms with Crippen molar-refractivity contribution in [1.82, 2.24) is 20.3 Å². The number of nitrogens with zero attached hydrogens (tertiary/aromatic N) is 3. The Morgan fingerprint density at radius 3 is 2.43 bits per heavy atom. The number of aromatic amines is 1. The molecule has 2 N–H and O–H groups in total. The molecule has 3 heterocycles. The maximum atomic E-state index is 5.95. The van der Waals surface area contributed by atoms with E-state index >= 15 is 0 Å². The summed E-state index contributed by atoms with van der Waals surface area (Å²) in [7, 11) is 0. The number of fused-ring (bicyclic) bond motifs is 1. The number of rotatable bonds is 4. The Bertz CT molecular complexity index is 892. The summed E-state index contributed by atoms with van der Waals surface area (Å²) in [5, 5.41) is 4.19. The number of imidazole rings is 1. The Morgan fingerprint density at radius 2 is 1.75 bits per heavy atom. The highest BCUT2D eigenvalue weighted by Gasteiger charge is 2.21. The molecular weight excluding hydrogens is 370 g/mol. The fourth-order valence-corrected chi connectivity index (χ4v) is 3.88. The first-order valence-electron chi connectivity index (χ1n) is 10.1. The van der Waals surface area contributed by atoms with Crippen LogP contribution in [0.3, 0.4) is 0 Å². The van der Waals surface area contributed by atoms with Gasteiger partial charge in [0.25, 0.3) is 0 Å². The lowest BCUT2D eigenvalue weighted by Gasteiger charge is -2.32. The molecule has 1 saturated heterocycles. The third-order valence-corrected chi connectivity index (χ3v) is 5.18. The van der Waals surface area contributed by atoms with Crippen LogP contribution in [0.4, 0.5) is 5.95 Å². The van der Waals surface area contributed by atoms with Crippen molar-refractivity contribution in [2.75, 3.05) is 18.0 Å². The van der Waals surface area contributed by atoms with Gasteiger partial charge in [-0.3, -0.25) is 0 Å². The van der Waals surface area contributed by atoms with Crippen molar-refractivity contribution in [2.45, 2.75) is 53.1 Å². The summed E-state index contributed by atoms with van der Waals surface area (Å²) in [6.45, 7) is 11.2. The van der Waals surface area contributed by atoms with Gasteiger partial charge in [-0.25, -0.2) is 4.98 Å². The zero-order valence-electron chi connectivity index (χ0n) is 17.2. The molecule has 0 aliphatic carbocycles. The lowest BCUT2D eigenvalue weighted by molar-refractivity contribution is 0.411. The minimum absolute atomic E-state index is 0.477. The van der Waals surface area contributed by atoms with Gasteiger partial charge in [-0.2, -0.15) is 4.98 Å². The average Bonchev–Trinajstić information content (AvgIpc) is 3.11. The van der Waals surface area contributed by atoms with E-state index in [2.05, 4.69) is 57.2 Å². The van der Waals surface area contributed by atoms with E-state index in [1.165, 1.54) is 16.7 Å². The Kier molecular flexibility index (Phi) is 6.92. The van der Waals surface area contributed by atoms with E-state index in [0.717, 1.165) is 43.9 Å². The molecule has 0 atom stereocenters. The standard InChI is InChI=1S/C20H24ClN5.C2H6/c1-13-9-14(2)11-15(10-13)12-22-16-5-7-26(8-6-16)20-23-17-3-4-18(21)24-19(17)25-20;1-2/h3-4,9-11,16,22H,5-8,12H2,1-2H3,(H,23,24,25);1-2H3. The fourth-order valence-electron chi connectivity index (χ4n) is 3.74. The molecular formula is C22H30ClN5. The van der Waals surface area contributed by atoms with Crippen LogP contribution < -0.4 is 10.2 Å². The molecule has 2 aromatic heterocycles.